The third kappa shape index (κ3) is 4.19. The van der Waals surface area contributed by atoms with E-state index in [0.717, 1.165) is 5.56 Å². The molecule has 6 heteroatoms. The molecule has 0 saturated carbocycles. The number of nitrogens with one attached hydrogen (secondary N) is 1. The number of rotatable bonds is 4. The number of hydrogen-bond acceptors (Lipinski definition) is 4. The van der Waals surface area contributed by atoms with Crippen LogP contribution in [-0.4, -0.2) is 47.5 Å². The molecule has 0 aromatic heterocycles. The molecular formula is C15H21N3O3. The van der Waals surface area contributed by atoms with Crippen molar-refractivity contribution in [1.29, 1.82) is 0 Å². The van der Waals surface area contributed by atoms with E-state index >= 15 is 0 Å². The number of phenolic OH excluding ortho intramolecular Hbond substituents is 1. The third-order valence-electron chi connectivity index (χ3n) is 3.70. The number of hydrogen-bond donors (Lipinski definition) is 3. The van der Waals surface area contributed by atoms with E-state index in [0.29, 0.717) is 25.8 Å². The average Bonchev–Trinajstić information content (AvgIpc) is 2.45. The van der Waals surface area contributed by atoms with Crippen LogP contribution in [0, 0.1) is 0 Å². The lowest BCUT2D eigenvalue weighted by molar-refractivity contribution is -0.134. The van der Waals surface area contributed by atoms with Gasteiger partial charge >= 0.3 is 0 Å². The first kappa shape index (κ1) is 15.3. The summed E-state index contributed by atoms with van der Waals surface area (Å²) >= 11 is 0. The smallest absolute Gasteiger partial charge is 0.237 e. The van der Waals surface area contributed by atoms with Crippen molar-refractivity contribution in [2.75, 3.05) is 13.6 Å². The first-order valence-corrected chi connectivity index (χ1v) is 7.03. The second-order valence-corrected chi connectivity index (χ2v) is 5.50. The van der Waals surface area contributed by atoms with Gasteiger partial charge in [0.2, 0.25) is 11.8 Å². The van der Waals surface area contributed by atoms with Crippen molar-refractivity contribution in [1.82, 2.24) is 10.2 Å². The number of likely N-dealkylation sites (tertiary alicyclic amines) is 1. The Bertz CT molecular complexity index is 515. The van der Waals surface area contributed by atoms with Crippen LogP contribution in [-0.2, 0) is 16.0 Å². The van der Waals surface area contributed by atoms with Crippen LogP contribution < -0.4 is 11.1 Å². The van der Waals surface area contributed by atoms with Crippen molar-refractivity contribution < 1.29 is 14.7 Å². The number of likely N-dealkylation sites (N-methyl/N-ethyl adjacent to an activating group) is 1. The zero-order valence-electron chi connectivity index (χ0n) is 12.1. The summed E-state index contributed by atoms with van der Waals surface area (Å²) < 4.78 is 0. The van der Waals surface area contributed by atoms with E-state index in [2.05, 4.69) is 5.32 Å². The summed E-state index contributed by atoms with van der Waals surface area (Å²) in [5.41, 5.74) is 6.81. The van der Waals surface area contributed by atoms with Crippen molar-refractivity contribution in [3.05, 3.63) is 29.8 Å². The minimum absolute atomic E-state index is 0.0360. The Morgan fingerprint density at radius 2 is 2.14 bits per heavy atom. The largest absolute Gasteiger partial charge is 0.508 e. The van der Waals surface area contributed by atoms with Crippen LogP contribution in [0.1, 0.15) is 18.4 Å². The summed E-state index contributed by atoms with van der Waals surface area (Å²) in [6.45, 7) is 0.524. The highest BCUT2D eigenvalue weighted by molar-refractivity contribution is 5.83. The zero-order valence-corrected chi connectivity index (χ0v) is 12.1. The number of benzene rings is 1. The number of carbonyl (C=O) groups excluding carboxylic acids is 2. The predicted molar refractivity (Wildman–Crippen MR) is 78.6 cm³/mol. The third-order valence-corrected chi connectivity index (χ3v) is 3.70. The van der Waals surface area contributed by atoms with Crippen molar-refractivity contribution in [3.8, 4) is 5.75 Å². The highest BCUT2D eigenvalue weighted by Gasteiger charge is 2.25. The Hall–Kier alpha value is -2.08. The summed E-state index contributed by atoms with van der Waals surface area (Å²) in [6.07, 6.45) is 1.52. The summed E-state index contributed by atoms with van der Waals surface area (Å²) in [5, 5.41) is 12.1. The molecular weight excluding hydrogens is 270 g/mol. The Morgan fingerprint density at radius 3 is 2.76 bits per heavy atom. The molecule has 1 aromatic rings. The van der Waals surface area contributed by atoms with Crippen LogP contribution >= 0.6 is 0 Å². The van der Waals surface area contributed by atoms with Crippen molar-refractivity contribution in [3.63, 3.8) is 0 Å². The van der Waals surface area contributed by atoms with Crippen LogP contribution in [0.25, 0.3) is 0 Å². The lowest BCUT2D eigenvalue weighted by Gasteiger charge is -2.30. The number of phenols is 1. The number of piperidine rings is 1. The summed E-state index contributed by atoms with van der Waals surface area (Å²) in [4.78, 5) is 25.1. The van der Waals surface area contributed by atoms with Crippen LogP contribution in [0.3, 0.4) is 0 Å². The normalized spacial score (nSPS) is 20.2. The maximum atomic E-state index is 12.1. The van der Waals surface area contributed by atoms with Crippen molar-refractivity contribution in [2.24, 2.45) is 5.73 Å². The molecule has 1 aliphatic heterocycles. The molecule has 21 heavy (non-hydrogen) atoms. The summed E-state index contributed by atoms with van der Waals surface area (Å²) in [7, 11) is 1.73. The first-order valence-electron chi connectivity index (χ1n) is 7.03. The fourth-order valence-electron chi connectivity index (χ4n) is 2.42. The van der Waals surface area contributed by atoms with Crippen LogP contribution in [0.5, 0.6) is 5.75 Å². The molecule has 1 unspecified atom stereocenters. The SMILES string of the molecule is CN1CC(NC(=O)[C@H](N)Cc2ccc(O)cc2)CCC1=O. The van der Waals surface area contributed by atoms with E-state index in [4.69, 9.17) is 5.73 Å². The monoisotopic (exact) mass is 291 g/mol. The number of carbonyl (C=O) groups is 2. The molecule has 2 rings (SSSR count). The quantitative estimate of drug-likeness (QED) is 0.727. The molecule has 0 radical (unpaired) electrons. The standard InChI is InChI=1S/C15H21N3O3/c1-18-9-11(4-7-14(18)20)17-15(21)13(16)8-10-2-5-12(19)6-3-10/h2-3,5-6,11,13,19H,4,7-9,16H2,1H3,(H,17,21)/t11?,13-/m1/s1. The van der Waals surface area contributed by atoms with E-state index in [1.165, 1.54) is 0 Å². The second kappa shape index (κ2) is 6.58. The molecule has 2 atom stereocenters. The first-order chi connectivity index (χ1) is 9.95. The molecule has 1 aromatic carbocycles. The predicted octanol–water partition coefficient (Wildman–Crippen LogP) is -0.001000. The molecule has 0 aliphatic carbocycles. The Morgan fingerprint density at radius 1 is 1.48 bits per heavy atom. The molecule has 1 aliphatic rings. The Kier molecular flexibility index (Phi) is 4.80. The van der Waals surface area contributed by atoms with Gasteiger partial charge in [0, 0.05) is 26.1 Å². The van der Waals surface area contributed by atoms with Gasteiger partial charge in [-0.15, -0.1) is 0 Å². The van der Waals surface area contributed by atoms with Crippen LogP contribution in [0.4, 0.5) is 0 Å². The second-order valence-electron chi connectivity index (χ2n) is 5.50. The number of amides is 2. The van der Waals surface area contributed by atoms with E-state index in [1.807, 2.05) is 0 Å². The minimum atomic E-state index is -0.641. The van der Waals surface area contributed by atoms with Gasteiger partial charge < -0.3 is 21.1 Å². The van der Waals surface area contributed by atoms with Crippen molar-refractivity contribution >= 4 is 11.8 Å². The molecule has 0 bridgehead atoms. The molecule has 1 saturated heterocycles. The molecule has 1 heterocycles. The summed E-state index contributed by atoms with van der Waals surface area (Å²) in [6, 6.07) is 5.96. The van der Waals surface area contributed by atoms with E-state index in [9.17, 15) is 14.7 Å². The lowest BCUT2D eigenvalue weighted by atomic mass is 10.0. The van der Waals surface area contributed by atoms with Crippen LogP contribution in [0.15, 0.2) is 24.3 Å². The number of nitrogens with zero attached hydrogens (tertiary/aromatic N) is 1. The van der Waals surface area contributed by atoms with Gasteiger partial charge in [0.05, 0.1) is 6.04 Å². The lowest BCUT2D eigenvalue weighted by Crippen LogP contribution is -2.52. The number of aromatic hydroxyl groups is 1. The Labute approximate surface area is 123 Å². The van der Waals surface area contributed by atoms with E-state index < -0.39 is 6.04 Å². The van der Waals surface area contributed by atoms with Gasteiger partial charge in [0.15, 0.2) is 0 Å². The minimum Gasteiger partial charge on any atom is -0.508 e. The maximum absolute atomic E-state index is 12.1. The zero-order chi connectivity index (χ0) is 15.4. The molecule has 0 spiro atoms. The van der Waals surface area contributed by atoms with Crippen LogP contribution in [0.2, 0.25) is 0 Å². The van der Waals surface area contributed by atoms with Crippen molar-refractivity contribution in [2.45, 2.75) is 31.3 Å². The van der Waals surface area contributed by atoms with Gasteiger partial charge in [0.1, 0.15) is 5.75 Å². The molecule has 6 nitrogen and oxygen atoms in total. The Balaban J connectivity index is 1.85. The average molecular weight is 291 g/mol. The van der Waals surface area contributed by atoms with Gasteiger partial charge in [-0.05, 0) is 30.5 Å². The highest BCUT2D eigenvalue weighted by Crippen LogP contribution is 2.12. The molecule has 114 valence electrons. The highest BCUT2D eigenvalue weighted by atomic mass is 16.3. The van der Waals surface area contributed by atoms with Gasteiger partial charge in [-0.1, -0.05) is 12.1 Å². The molecule has 1 fully saturated rings. The fourth-order valence-corrected chi connectivity index (χ4v) is 2.42. The molecule has 4 N–H and O–H groups in total. The van der Waals surface area contributed by atoms with E-state index in [-0.39, 0.29) is 23.6 Å². The maximum Gasteiger partial charge on any atom is 0.237 e. The number of nitrogens with two attached hydrogens (primary N) is 1. The van der Waals surface area contributed by atoms with Gasteiger partial charge in [0.25, 0.3) is 0 Å². The van der Waals surface area contributed by atoms with E-state index in [1.54, 1.807) is 36.2 Å². The van der Waals surface area contributed by atoms with Gasteiger partial charge in [-0.25, -0.2) is 0 Å². The van der Waals surface area contributed by atoms with Gasteiger partial charge in [-0.3, -0.25) is 9.59 Å². The van der Waals surface area contributed by atoms with Gasteiger partial charge in [-0.2, -0.15) is 0 Å². The topological polar surface area (TPSA) is 95.7 Å². The fraction of sp³-hybridized carbons (Fsp3) is 0.467. The molecule has 2 amide bonds. The summed E-state index contributed by atoms with van der Waals surface area (Å²) in [5.74, 6) is 0.0800.